The van der Waals surface area contributed by atoms with E-state index in [2.05, 4.69) is 10.6 Å². The molecule has 0 atom stereocenters. The molecule has 0 saturated heterocycles. The Morgan fingerprint density at radius 1 is 1.12 bits per heavy atom. The lowest BCUT2D eigenvalue weighted by Gasteiger charge is -2.17. The average molecular weight is 371 g/mol. The standard InChI is InChI=1S/C16H23ClN4O4/c1-20(2)16(24)8-18-14(22)9-21(3)10-15(23)19-12-7-11(17)5-6-13(12)25-4/h5-7H,8-10H2,1-4H3,(H,18,22)(H,19,23). The maximum Gasteiger partial charge on any atom is 0.241 e. The zero-order chi connectivity index (χ0) is 19.0. The first kappa shape index (κ1) is 20.7. The van der Waals surface area contributed by atoms with Crippen molar-refractivity contribution in [1.29, 1.82) is 0 Å². The molecule has 1 aromatic carbocycles. The fourth-order valence-electron chi connectivity index (χ4n) is 1.90. The highest BCUT2D eigenvalue weighted by molar-refractivity contribution is 6.31. The van der Waals surface area contributed by atoms with E-state index in [0.29, 0.717) is 16.5 Å². The lowest BCUT2D eigenvalue weighted by molar-refractivity contribution is -0.131. The second kappa shape index (κ2) is 9.85. The SMILES string of the molecule is COc1ccc(Cl)cc1NC(=O)CN(C)CC(=O)NCC(=O)N(C)C. The van der Waals surface area contributed by atoms with E-state index >= 15 is 0 Å². The molecule has 2 N–H and O–H groups in total. The van der Waals surface area contributed by atoms with Gasteiger partial charge in [-0.2, -0.15) is 0 Å². The van der Waals surface area contributed by atoms with Crippen LogP contribution in [0.4, 0.5) is 5.69 Å². The highest BCUT2D eigenvalue weighted by atomic mass is 35.5. The molecule has 0 saturated carbocycles. The molecule has 0 heterocycles. The number of benzene rings is 1. The smallest absolute Gasteiger partial charge is 0.241 e. The van der Waals surface area contributed by atoms with Crippen molar-refractivity contribution in [3.05, 3.63) is 23.2 Å². The van der Waals surface area contributed by atoms with Crippen molar-refractivity contribution >= 4 is 35.0 Å². The first-order chi connectivity index (χ1) is 11.7. The zero-order valence-corrected chi connectivity index (χ0v) is 15.5. The lowest BCUT2D eigenvalue weighted by atomic mass is 10.3. The summed E-state index contributed by atoms with van der Waals surface area (Å²) in [7, 11) is 6.33. The van der Waals surface area contributed by atoms with Crippen molar-refractivity contribution in [3.63, 3.8) is 0 Å². The van der Waals surface area contributed by atoms with Gasteiger partial charge >= 0.3 is 0 Å². The minimum absolute atomic E-state index is 0.00921. The molecule has 1 rings (SSSR count). The number of carbonyl (C=O) groups excluding carboxylic acids is 3. The highest BCUT2D eigenvalue weighted by Crippen LogP contribution is 2.27. The second-order valence-electron chi connectivity index (χ2n) is 5.63. The Hall–Kier alpha value is -2.32. The molecule has 0 unspecified atom stereocenters. The number of nitrogens with zero attached hydrogens (tertiary/aromatic N) is 2. The van der Waals surface area contributed by atoms with Gasteiger partial charge in [-0.15, -0.1) is 0 Å². The number of ether oxygens (including phenoxy) is 1. The van der Waals surface area contributed by atoms with Crippen LogP contribution in [0.3, 0.4) is 0 Å². The molecular formula is C16H23ClN4O4. The third kappa shape index (κ3) is 7.40. The second-order valence-corrected chi connectivity index (χ2v) is 6.07. The molecule has 0 aliphatic carbocycles. The lowest BCUT2D eigenvalue weighted by Crippen LogP contribution is -2.42. The molecule has 0 spiro atoms. The van der Waals surface area contributed by atoms with Crippen LogP contribution in [-0.4, -0.2) is 75.4 Å². The molecule has 0 aliphatic heterocycles. The first-order valence-electron chi connectivity index (χ1n) is 7.51. The molecule has 25 heavy (non-hydrogen) atoms. The molecule has 9 heteroatoms. The summed E-state index contributed by atoms with van der Waals surface area (Å²) >= 11 is 5.91. The number of amides is 3. The molecule has 138 valence electrons. The van der Waals surface area contributed by atoms with Crippen molar-refractivity contribution in [2.24, 2.45) is 0 Å². The Morgan fingerprint density at radius 2 is 1.76 bits per heavy atom. The van der Waals surface area contributed by atoms with E-state index in [1.165, 1.54) is 16.9 Å². The number of nitrogens with one attached hydrogen (secondary N) is 2. The Morgan fingerprint density at radius 3 is 2.36 bits per heavy atom. The van der Waals surface area contributed by atoms with Gasteiger partial charge in [0, 0.05) is 19.1 Å². The predicted molar refractivity (Wildman–Crippen MR) is 95.8 cm³/mol. The van der Waals surface area contributed by atoms with Crippen LogP contribution in [0.25, 0.3) is 0 Å². The number of anilines is 1. The average Bonchev–Trinajstić information content (AvgIpc) is 2.52. The van der Waals surface area contributed by atoms with E-state index in [1.54, 1.807) is 39.3 Å². The summed E-state index contributed by atoms with van der Waals surface area (Å²) in [6.45, 7) is -0.100. The van der Waals surface area contributed by atoms with Gasteiger partial charge < -0.3 is 20.3 Å². The van der Waals surface area contributed by atoms with Crippen molar-refractivity contribution in [2.75, 3.05) is 53.2 Å². The van der Waals surface area contributed by atoms with Gasteiger partial charge in [0.25, 0.3) is 0 Å². The predicted octanol–water partition coefficient (Wildman–Crippen LogP) is 0.423. The third-order valence-electron chi connectivity index (χ3n) is 3.20. The normalized spacial score (nSPS) is 10.3. The van der Waals surface area contributed by atoms with Crippen molar-refractivity contribution < 1.29 is 19.1 Å². The topological polar surface area (TPSA) is 91.0 Å². The summed E-state index contributed by atoms with van der Waals surface area (Å²) in [5.41, 5.74) is 0.453. The van der Waals surface area contributed by atoms with Gasteiger partial charge in [0.1, 0.15) is 5.75 Å². The largest absolute Gasteiger partial charge is 0.495 e. The van der Waals surface area contributed by atoms with Gasteiger partial charge in [-0.25, -0.2) is 0 Å². The summed E-state index contributed by atoms with van der Waals surface area (Å²) in [5.74, 6) is -0.381. The molecular weight excluding hydrogens is 348 g/mol. The van der Waals surface area contributed by atoms with Crippen LogP contribution >= 0.6 is 11.6 Å². The maximum absolute atomic E-state index is 12.1. The Bertz CT molecular complexity index is 637. The van der Waals surface area contributed by atoms with Gasteiger partial charge in [0.05, 0.1) is 32.4 Å². The summed E-state index contributed by atoms with van der Waals surface area (Å²) in [5, 5.41) is 5.66. The van der Waals surface area contributed by atoms with E-state index < -0.39 is 0 Å². The molecule has 8 nitrogen and oxygen atoms in total. The van der Waals surface area contributed by atoms with E-state index in [4.69, 9.17) is 16.3 Å². The van der Waals surface area contributed by atoms with Gasteiger partial charge in [-0.05, 0) is 25.2 Å². The van der Waals surface area contributed by atoms with E-state index in [0.717, 1.165) is 0 Å². The summed E-state index contributed by atoms with van der Waals surface area (Å²) in [6.07, 6.45) is 0. The van der Waals surface area contributed by atoms with Crippen LogP contribution in [-0.2, 0) is 14.4 Å². The Balaban J connectivity index is 2.47. The van der Waals surface area contributed by atoms with Crippen molar-refractivity contribution in [3.8, 4) is 5.75 Å². The minimum Gasteiger partial charge on any atom is -0.495 e. The van der Waals surface area contributed by atoms with Crippen LogP contribution in [0.2, 0.25) is 5.02 Å². The number of hydrogen-bond acceptors (Lipinski definition) is 5. The van der Waals surface area contributed by atoms with Crippen molar-refractivity contribution in [2.45, 2.75) is 0 Å². The molecule has 0 aliphatic rings. The van der Waals surface area contributed by atoms with E-state index in [-0.39, 0.29) is 37.4 Å². The van der Waals surface area contributed by atoms with Crippen LogP contribution in [0.15, 0.2) is 18.2 Å². The summed E-state index contributed by atoms with van der Waals surface area (Å²) < 4.78 is 5.16. The molecule has 1 aromatic rings. The molecule has 0 aromatic heterocycles. The number of rotatable bonds is 8. The monoisotopic (exact) mass is 370 g/mol. The van der Waals surface area contributed by atoms with Crippen LogP contribution in [0.5, 0.6) is 5.75 Å². The van der Waals surface area contributed by atoms with E-state index in [9.17, 15) is 14.4 Å². The fraction of sp³-hybridized carbons (Fsp3) is 0.438. The number of methoxy groups -OCH3 is 1. The molecule has 0 bridgehead atoms. The van der Waals surface area contributed by atoms with Crippen molar-refractivity contribution in [1.82, 2.24) is 15.1 Å². The zero-order valence-electron chi connectivity index (χ0n) is 14.8. The van der Waals surface area contributed by atoms with Crippen LogP contribution in [0, 0.1) is 0 Å². The Labute approximate surface area is 152 Å². The summed E-state index contributed by atoms with van der Waals surface area (Å²) in [4.78, 5) is 38.2. The minimum atomic E-state index is -0.342. The quantitative estimate of drug-likeness (QED) is 0.692. The summed E-state index contributed by atoms with van der Waals surface area (Å²) in [6, 6.07) is 4.89. The van der Waals surface area contributed by atoms with E-state index in [1.807, 2.05) is 0 Å². The first-order valence-corrected chi connectivity index (χ1v) is 7.89. The molecule has 0 fully saturated rings. The number of carbonyl (C=O) groups is 3. The number of hydrogen-bond donors (Lipinski definition) is 2. The van der Waals surface area contributed by atoms with Gasteiger partial charge in [0.15, 0.2) is 0 Å². The van der Waals surface area contributed by atoms with Gasteiger partial charge in [0.2, 0.25) is 17.7 Å². The molecule has 0 radical (unpaired) electrons. The van der Waals surface area contributed by atoms with Gasteiger partial charge in [-0.3, -0.25) is 19.3 Å². The number of likely N-dealkylation sites (N-methyl/N-ethyl adjacent to an activating group) is 2. The van der Waals surface area contributed by atoms with Gasteiger partial charge in [-0.1, -0.05) is 11.6 Å². The fourth-order valence-corrected chi connectivity index (χ4v) is 2.07. The molecule has 3 amide bonds. The maximum atomic E-state index is 12.1. The highest BCUT2D eigenvalue weighted by Gasteiger charge is 2.14. The third-order valence-corrected chi connectivity index (χ3v) is 3.43. The Kier molecular flexibility index (Phi) is 8.17. The number of halogens is 1. The van der Waals surface area contributed by atoms with Crippen LogP contribution in [0.1, 0.15) is 0 Å². The van der Waals surface area contributed by atoms with Crippen LogP contribution < -0.4 is 15.4 Å².